The van der Waals surface area contributed by atoms with Crippen LogP contribution in [0.1, 0.15) is 26.5 Å². The van der Waals surface area contributed by atoms with Crippen LogP contribution in [0.15, 0.2) is 53.1 Å². The molecule has 5 rings (SSSR count). The lowest BCUT2D eigenvalue weighted by Gasteiger charge is -2.34. The molecule has 172 valence electrons. The fraction of sp³-hybridized carbons (Fsp3) is 0.417. The second-order valence-electron chi connectivity index (χ2n) is 9.80. The highest BCUT2D eigenvalue weighted by Gasteiger charge is 2.73. The Bertz CT molecular complexity index is 1150. The first-order valence-electron chi connectivity index (χ1n) is 10.9. The van der Waals surface area contributed by atoms with E-state index in [-0.39, 0.29) is 17.6 Å². The number of anilines is 2. The van der Waals surface area contributed by atoms with Gasteiger partial charge in [-0.25, -0.2) is 0 Å². The standard InChI is InChI=1S/C24H26N4O5/c1-13-12-16(27-33-13)25-20(29)17-15-10-11-24(32-15)18(17)22(31)28(14-8-6-5-7-9-14)19(24)21(30)26-23(2,3)4/h5-12,15,17-19H,1-4H3,(H,26,30)(H,25,27,29)/t15-,17-,18+,19+,24-/m1/s1. The van der Waals surface area contributed by atoms with Gasteiger partial charge in [-0.2, -0.15) is 0 Å². The quantitative estimate of drug-likeness (QED) is 0.691. The maximum Gasteiger partial charge on any atom is 0.246 e. The fourth-order valence-corrected chi connectivity index (χ4v) is 5.11. The van der Waals surface area contributed by atoms with Crippen LogP contribution in [0.5, 0.6) is 0 Å². The van der Waals surface area contributed by atoms with Gasteiger partial charge in [0, 0.05) is 17.3 Å². The summed E-state index contributed by atoms with van der Waals surface area (Å²) in [6, 6.07) is 9.64. The Morgan fingerprint density at radius 2 is 1.88 bits per heavy atom. The Hall–Kier alpha value is -3.46. The molecule has 3 aliphatic heterocycles. The molecule has 5 atom stereocenters. The third-order valence-electron chi connectivity index (χ3n) is 6.24. The van der Waals surface area contributed by atoms with Crippen LogP contribution in [0.2, 0.25) is 0 Å². The van der Waals surface area contributed by atoms with Gasteiger partial charge in [-0.3, -0.25) is 19.3 Å². The summed E-state index contributed by atoms with van der Waals surface area (Å²) in [6.07, 6.45) is 2.93. The number of carbonyl (C=O) groups is 3. The Kier molecular flexibility index (Phi) is 4.72. The lowest BCUT2D eigenvalue weighted by atomic mass is 9.74. The van der Waals surface area contributed by atoms with Gasteiger partial charge in [0.2, 0.25) is 17.7 Å². The van der Waals surface area contributed by atoms with E-state index in [1.807, 2.05) is 26.8 Å². The molecule has 2 bridgehead atoms. The molecular formula is C24H26N4O5. The van der Waals surface area contributed by atoms with Crippen LogP contribution in [-0.4, -0.2) is 46.2 Å². The van der Waals surface area contributed by atoms with Crippen molar-refractivity contribution in [2.45, 2.75) is 51.0 Å². The lowest BCUT2D eigenvalue weighted by molar-refractivity contribution is -0.129. The topological polar surface area (TPSA) is 114 Å². The summed E-state index contributed by atoms with van der Waals surface area (Å²) in [4.78, 5) is 42.1. The Morgan fingerprint density at radius 1 is 1.15 bits per heavy atom. The maximum atomic E-state index is 13.8. The van der Waals surface area contributed by atoms with Crippen LogP contribution < -0.4 is 15.5 Å². The monoisotopic (exact) mass is 450 g/mol. The summed E-state index contributed by atoms with van der Waals surface area (Å²) in [6.45, 7) is 7.35. The molecule has 0 aliphatic carbocycles. The lowest BCUT2D eigenvalue weighted by Crippen LogP contribution is -2.58. The van der Waals surface area contributed by atoms with Crippen molar-refractivity contribution in [2.75, 3.05) is 10.2 Å². The van der Waals surface area contributed by atoms with E-state index in [2.05, 4.69) is 15.8 Å². The van der Waals surface area contributed by atoms with Crippen molar-refractivity contribution in [2.24, 2.45) is 11.8 Å². The number of fused-ring (bicyclic) bond motifs is 1. The molecule has 1 spiro atoms. The van der Waals surface area contributed by atoms with E-state index in [1.54, 1.807) is 49.4 Å². The molecule has 0 radical (unpaired) electrons. The molecule has 3 aliphatic rings. The number of nitrogens with one attached hydrogen (secondary N) is 2. The Labute approximate surface area is 191 Å². The first-order chi connectivity index (χ1) is 15.6. The van der Waals surface area contributed by atoms with E-state index >= 15 is 0 Å². The minimum Gasteiger partial charge on any atom is -0.360 e. The SMILES string of the molecule is Cc1cc(NC(=O)[C@H]2[C@H]3C(=O)N(c4ccccc4)[C@@H](C(=O)NC(C)(C)C)[C@@]34C=C[C@H]2O4)no1. The molecule has 9 heteroatoms. The van der Waals surface area contributed by atoms with Gasteiger partial charge in [-0.15, -0.1) is 0 Å². The van der Waals surface area contributed by atoms with Crippen molar-refractivity contribution in [1.29, 1.82) is 0 Å². The van der Waals surface area contributed by atoms with Gasteiger partial charge in [-0.1, -0.05) is 35.5 Å². The predicted molar refractivity (Wildman–Crippen MR) is 119 cm³/mol. The molecule has 9 nitrogen and oxygen atoms in total. The summed E-state index contributed by atoms with van der Waals surface area (Å²) in [5.74, 6) is -1.89. The van der Waals surface area contributed by atoms with Crippen molar-refractivity contribution < 1.29 is 23.6 Å². The first kappa shape index (κ1) is 21.4. The van der Waals surface area contributed by atoms with Gasteiger partial charge in [0.15, 0.2) is 5.82 Å². The van der Waals surface area contributed by atoms with Gasteiger partial charge in [0.1, 0.15) is 17.4 Å². The molecule has 3 amide bonds. The van der Waals surface area contributed by atoms with Gasteiger partial charge < -0.3 is 19.9 Å². The second kappa shape index (κ2) is 7.28. The first-order valence-corrected chi connectivity index (χ1v) is 10.9. The number of amides is 3. The van der Waals surface area contributed by atoms with E-state index in [9.17, 15) is 14.4 Å². The normalized spacial score (nSPS) is 29.9. The zero-order valence-electron chi connectivity index (χ0n) is 18.9. The minimum atomic E-state index is -1.24. The van der Waals surface area contributed by atoms with E-state index in [4.69, 9.17) is 9.26 Å². The molecule has 1 aromatic heterocycles. The predicted octanol–water partition coefficient (Wildman–Crippen LogP) is 2.19. The average molecular weight is 450 g/mol. The molecule has 2 fully saturated rings. The molecule has 2 saturated heterocycles. The van der Waals surface area contributed by atoms with Crippen LogP contribution in [0.3, 0.4) is 0 Å². The van der Waals surface area contributed by atoms with Crippen molar-refractivity contribution in [3.8, 4) is 0 Å². The summed E-state index contributed by atoms with van der Waals surface area (Å²) < 4.78 is 11.3. The van der Waals surface area contributed by atoms with Crippen molar-refractivity contribution in [1.82, 2.24) is 10.5 Å². The average Bonchev–Trinajstić information content (AvgIpc) is 3.48. The van der Waals surface area contributed by atoms with E-state index < -0.39 is 41.0 Å². The van der Waals surface area contributed by atoms with Crippen molar-refractivity contribution in [3.63, 3.8) is 0 Å². The summed E-state index contributed by atoms with van der Waals surface area (Å²) in [7, 11) is 0. The Morgan fingerprint density at radius 3 is 2.52 bits per heavy atom. The zero-order chi connectivity index (χ0) is 23.5. The summed E-state index contributed by atoms with van der Waals surface area (Å²) in [5.41, 5.74) is -1.18. The van der Waals surface area contributed by atoms with Gasteiger partial charge in [0.25, 0.3) is 0 Å². The molecule has 2 N–H and O–H groups in total. The molecule has 4 heterocycles. The smallest absolute Gasteiger partial charge is 0.246 e. The van der Waals surface area contributed by atoms with Crippen molar-refractivity contribution in [3.05, 3.63) is 54.3 Å². The highest BCUT2D eigenvalue weighted by atomic mass is 16.5. The molecule has 0 saturated carbocycles. The fourth-order valence-electron chi connectivity index (χ4n) is 5.11. The number of ether oxygens (including phenoxy) is 1. The highest BCUT2D eigenvalue weighted by molar-refractivity contribution is 6.11. The Balaban J connectivity index is 1.55. The molecule has 1 aromatic carbocycles. The molecule has 0 unspecified atom stereocenters. The zero-order valence-corrected chi connectivity index (χ0v) is 18.9. The number of para-hydroxylation sites is 1. The third kappa shape index (κ3) is 3.34. The number of rotatable bonds is 4. The third-order valence-corrected chi connectivity index (χ3v) is 6.24. The number of benzene rings is 1. The number of carbonyl (C=O) groups excluding carboxylic acids is 3. The van der Waals surface area contributed by atoms with Gasteiger partial charge in [0.05, 0.1) is 17.9 Å². The molecule has 2 aromatic rings. The maximum absolute atomic E-state index is 13.8. The van der Waals surface area contributed by atoms with Crippen molar-refractivity contribution >= 4 is 29.2 Å². The number of aromatic nitrogens is 1. The summed E-state index contributed by atoms with van der Waals surface area (Å²) in [5, 5.41) is 9.53. The van der Waals surface area contributed by atoms with Gasteiger partial charge >= 0.3 is 0 Å². The largest absolute Gasteiger partial charge is 0.360 e. The van der Waals surface area contributed by atoms with Crippen LogP contribution >= 0.6 is 0 Å². The van der Waals surface area contributed by atoms with Crippen LogP contribution in [-0.2, 0) is 19.1 Å². The van der Waals surface area contributed by atoms with Crippen LogP contribution in [0.4, 0.5) is 11.5 Å². The number of hydrogen-bond acceptors (Lipinski definition) is 6. The van der Waals surface area contributed by atoms with Crippen LogP contribution in [0.25, 0.3) is 0 Å². The second-order valence-corrected chi connectivity index (χ2v) is 9.80. The molecule has 33 heavy (non-hydrogen) atoms. The van der Waals surface area contributed by atoms with Crippen LogP contribution in [0, 0.1) is 18.8 Å². The van der Waals surface area contributed by atoms with E-state index in [0.717, 1.165) is 0 Å². The van der Waals surface area contributed by atoms with E-state index in [1.165, 1.54) is 4.90 Å². The summed E-state index contributed by atoms with van der Waals surface area (Å²) >= 11 is 0. The van der Waals surface area contributed by atoms with Gasteiger partial charge in [-0.05, 0) is 39.8 Å². The number of nitrogens with zero attached hydrogens (tertiary/aromatic N) is 2. The number of aryl methyl sites for hydroxylation is 1. The molecular weight excluding hydrogens is 424 g/mol. The number of hydrogen-bond donors (Lipinski definition) is 2. The highest BCUT2D eigenvalue weighted by Crippen LogP contribution is 2.56. The van der Waals surface area contributed by atoms with E-state index in [0.29, 0.717) is 11.4 Å². The minimum absolute atomic E-state index is 0.269.